The SMILES string of the molecule is O=C(C[C@H]1[C@H](C(=O)c2ccccc2)[C@H]1c1ccccc1)OCc1ccccc1. The highest BCUT2D eigenvalue weighted by Crippen LogP contribution is 2.57. The Balaban J connectivity index is 1.45. The molecule has 3 heteroatoms. The minimum absolute atomic E-state index is 0.0154. The van der Waals surface area contributed by atoms with Gasteiger partial charge in [0.05, 0.1) is 0 Å². The molecule has 4 rings (SSSR count). The summed E-state index contributed by atoms with van der Waals surface area (Å²) in [6, 6.07) is 28.9. The molecule has 1 aliphatic carbocycles. The van der Waals surface area contributed by atoms with Gasteiger partial charge in [0.2, 0.25) is 0 Å². The maximum atomic E-state index is 13.0. The van der Waals surface area contributed by atoms with Crippen molar-refractivity contribution in [2.24, 2.45) is 11.8 Å². The highest BCUT2D eigenvalue weighted by molar-refractivity contribution is 6.01. The molecule has 0 saturated heterocycles. The highest BCUT2D eigenvalue weighted by Gasteiger charge is 2.55. The average molecular weight is 370 g/mol. The van der Waals surface area contributed by atoms with Gasteiger partial charge in [0.1, 0.15) is 6.61 Å². The van der Waals surface area contributed by atoms with Crippen molar-refractivity contribution in [3.63, 3.8) is 0 Å². The van der Waals surface area contributed by atoms with Crippen molar-refractivity contribution in [1.82, 2.24) is 0 Å². The molecule has 0 aliphatic heterocycles. The second-order valence-electron chi connectivity index (χ2n) is 7.21. The van der Waals surface area contributed by atoms with Crippen LogP contribution >= 0.6 is 0 Å². The Hall–Kier alpha value is -3.20. The van der Waals surface area contributed by atoms with Crippen molar-refractivity contribution in [2.45, 2.75) is 18.9 Å². The molecule has 140 valence electrons. The van der Waals surface area contributed by atoms with Gasteiger partial charge in [-0.25, -0.2) is 0 Å². The lowest BCUT2D eigenvalue weighted by Crippen LogP contribution is -2.08. The Morgan fingerprint density at radius 1 is 0.750 bits per heavy atom. The van der Waals surface area contributed by atoms with Gasteiger partial charge in [-0.3, -0.25) is 9.59 Å². The molecule has 0 amide bonds. The maximum absolute atomic E-state index is 13.0. The van der Waals surface area contributed by atoms with Gasteiger partial charge < -0.3 is 4.74 Å². The van der Waals surface area contributed by atoms with E-state index in [4.69, 9.17) is 4.74 Å². The molecule has 1 saturated carbocycles. The van der Waals surface area contributed by atoms with E-state index in [-0.39, 0.29) is 42.5 Å². The quantitative estimate of drug-likeness (QED) is 0.433. The minimum atomic E-state index is -0.252. The van der Waals surface area contributed by atoms with Crippen molar-refractivity contribution in [1.29, 1.82) is 0 Å². The first-order valence-corrected chi connectivity index (χ1v) is 9.58. The average Bonchev–Trinajstić information content (AvgIpc) is 3.47. The zero-order chi connectivity index (χ0) is 19.3. The molecule has 0 spiro atoms. The normalized spacial score (nSPS) is 20.4. The number of Topliss-reactive ketones (excluding diaryl/α,β-unsaturated/α-hetero) is 1. The van der Waals surface area contributed by atoms with Crippen LogP contribution in [0.5, 0.6) is 0 Å². The molecule has 0 bridgehead atoms. The van der Waals surface area contributed by atoms with E-state index in [1.165, 1.54) is 0 Å². The standard InChI is InChI=1S/C25H22O3/c26-22(28-17-18-10-4-1-5-11-18)16-21-23(19-12-6-2-7-13-19)24(21)25(27)20-14-8-3-9-15-20/h1-15,21,23-24H,16-17H2/t21-,23+,24+/m1/s1. The molecule has 28 heavy (non-hydrogen) atoms. The molecule has 1 aliphatic rings. The van der Waals surface area contributed by atoms with E-state index in [0.29, 0.717) is 5.56 Å². The van der Waals surface area contributed by atoms with E-state index in [9.17, 15) is 9.59 Å². The van der Waals surface area contributed by atoms with Gasteiger partial charge in [0.15, 0.2) is 5.78 Å². The second kappa shape index (κ2) is 8.22. The lowest BCUT2D eigenvalue weighted by Gasteiger charge is -2.05. The third kappa shape index (κ3) is 4.04. The summed E-state index contributed by atoms with van der Waals surface area (Å²) in [7, 11) is 0. The summed E-state index contributed by atoms with van der Waals surface area (Å²) in [6.45, 7) is 0.264. The van der Waals surface area contributed by atoms with Crippen LogP contribution in [0.15, 0.2) is 91.0 Å². The van der Waals surface area contributed by atoms with Crippen molar-refractivity contribution >= 4 is 11.8 Å². The lowest BCUT2D eigenvalue weighted by molar-refractivity contribution is -0.145. The fourth-order valence-corrected chi connectivity index (χ4v) is 3.90. The maximum Gasteiger partial charge on any atom is 0.306 e. The summed E-state index contributed by atoms with van der Waals surface area (Å²) in [5.74, 6) is -0.265. The predicted octanol–water partition coefficient (Wildman–Crippen LogP) is 5.03. The number of rotatable bonds is 7. The first-order valence-electron chi connectivity index (χ1n) is 9.58. The zero-order valence-corrected chi connectivity index (χ0v) is 15.5. The first kappa shape index (κ1) is 18.2. The predicted molar refractivity (Wildman–Crippen MR) is 108 cm³/mol. The van der Waals surface area contributed by atoms with Gasteiger partial charge in [-0.15, -0.1) is 0 Å². The van der Waals surface area contributed by atoms with Gasteiger partial charge in [-0.2, -0.15) is 0 Å². The van der Waals surface area contributed by atoms with Gasteiger partial charge in [0, 0.05) is 17.9 Å². The Morgan fingerprint density at radius 2 is 1.32 bits per heavy atom. The molecule has 0 aromatic heterocycles. The molecular formula is C25H22O3. The molecule has 3 aromatic carbocycles. The van der Waals surface area contributed by atoms with E-state index >= 15 is 0 Å². The van der Waals surface area contributed by atoms with Crippen molar-refractivity contribution < 1.29 is 14.3 Å². The van der Waals surface area contributed by atoms with Crippen LogP contribution in [0.1, 0.15) is 33.8 Å². The number of esters is 1. The molecule has 0 heterocycles. The van der Waals surface area contributed by atoms with Crippen molar-refractivity contribution in [3.8, 4) is 0 Å². The zero-order valence-electron chi connectivity index (χ0n) is 15.5. The van der Waals surface area contributed by atoms with E-state index in [0.717, 1.165) is 11.1 Å². The fourth-order valence-electron chi connectivity index (χ4n) is 3.90. The van der Waals surface area contributed by atoms with Crippen LogP contribution in [0.2, 0.25) is 0 Å². The smallest absolute Gasteiger partial charge is 0.306 e. The van der Waals surface area contributed by atoms with Gasteiger partial charge in [-0.05, 0) is 23.0 Å². The largest absolute Gasteiger partial charge is 0.461 e. The number of benzene rings is 3. The van der Waals surface area contributed by atoms with E-state index in [1.807, 2.05) is 91.0 Å². The van der Waals surface area contributed by atoms with E-state index in [1.54, 1.807) is 0 Å². The summed E-state index contributed by atoms with van der Waals surface area (Å²) < 4.78 is 5.45. The topological polar surface area (TPSA) is 43.4 Å². The van der Waals surface area contributed by atoms with Crippen LogP contribution in [-0.2, 0) is 16.1 Å². The van der Waals surface area contributed by atoms with Crippen molar-refractivity contribution in [3.05, 3.63) is 108 Å². The summed E-state index contributed by atoms with van der Waals surface area (Å²) in [5, 5.41) is 0. The lowest BCUT2D eigenvalue weighted by atomic mass is 10.0. The number of ketones is 1. The molecule has 0 radical (unpaired) electrons. The molecule has 3 nitrogen and oxygen atoms in total. The number of ether oxygens (including phenoxy) is 1. The van der Waals surface area contributed by atoms with Gasteiger partial charge in [-0.1, -0.05) is 91.0 Å². The van der Waals surface area contributed by atoms with E-state index < -0.39 is 0 Å². The first-order chi connectivity index (χ1) is 13.7. The Bertz CT molecular complexity index is 935. The van der Waals surface area contributed by atoms with Gasteiger partial charge >= 0.3 is 5.97 Å². The van der Waals surface area contributed by atoms with Crippen molar-refractivity contribution in [2.75, 3.05) is 0 Å². The monoisotopic (exact) mass is 370 g/mol. The Labute approximate surface area is 165 Å². The van der Waals surface area contributed by atoms with Crippen LogP contribution in [0.4, 0.5) is 0 Å². The molecule has 1 fully saturated rings. The summed E-state index contributed by atoms with van der Waals surface area (Å²) in [5.41, 5.74) is 2.77. The number of carbonyl (C=O) groups excluding carboxylic acids is 2. The Morgan fingerprint density at radius 3 is 1.96 bits per heavy atom. The van der Waals surface area contributed by atoms with Crippen LogP contribution in [0.3, 0.4) is 0 Å². The second-order valence-corrected chi connectivity index (χ2v) is 7.21. The molecular weight excluding hydrogens is 348 g/mol. The number of hydrogen-bond acceptors (Lipinski definition) is 3. The highest BCUT2D eigenvalue weighted by atomic mass is 16.5. The van der Waals surface area contributed by atoms with Crippen LogP contribution in [0.25, 0.3) is 0 Å². The summed E-state index contributed by atoms with van der Waals surface area (Å²) in [6.07, 6.45) is 0.260. The molecule has 0 N–H and O–H groups in total. The molecule has 3 atom stereocenters. The minimum Gasteiger partial charge on any atom is -0.461 e. The fraction of sp³-hybridized carbons (Fsp3) is 0.200. The third-order valence-corrected chi connectivity index (χ3v) is 5.36. The summed E-state index contributed by atoms with van der Waals surface area (Å²) >= 11 is 0. The summed E-state index contributed by atoms with van der Waals surface area (Å²) in [4.78, 5) is 25.4. The third-order valence-electron chi connectivity index (χ3n) is 5.36. The molecule has 3 aromatic rings. The Kier molecular flexibility index (Phi) is 5.34. The number of hydrogen-bond donors (Lipinski definition) is 0. The number of carbonyl (C=O) groups is 2. The van der Waals surface area contributed by atoms with Gasteiger partial charge in [0.25, 0.3) is 0 Å². The van der Waals surface area contributed by atoms with Crippen LogP contribution < -0.4 is 0 Å². The van der Waals surface area contributed by atoms with E-state index in [2.05, 4.69) is 0 Å². The van der Waals surface area contributed by atoms with Crippen LogP contribution in [-0.4, -0.2) is 11.8 Å². The molecule has 0 unspecified atom stereocenters. The van der Waals surface area contributed by atoms with Crippen LogP contribution in [0, 0.1) is 11.8 Å².